The molecule has 11 rings (SSSR count). The van der Waals surface area contributed by atoms with Gasteiger partial charge in [0.05, 0.1) is 5.69 Å². The van der Waals surface area contributed by atoms with Crippen LogP contribution in [0.4, 0.5) is 11.4 Å². The first-order chi connectivity index (χ1) is 28.7. The van der Waals surface area contributed by atoms with Gasteiger partial charge in [-0.25, -0.2) is 0 Å². The zero-order chi connectivity index (χ0) is 38.8. The van der Waals surface area contributed by atoms with Gasteiger partial charge in [0.15, 0.2) is 0 Å². The average Bonchev–Trinajstić information content (AvgIpc) is 3.87. The Balaban J connectivity index is 0.000000291. The molecule has 0 fully saturated rings. The second kappa shape index (κ2) is 15.7. The predicted molar refractivity (Wildman–Crippen MR) is 249 cm³/mol. The minimum atomic E-state index is 0.930. The summed E-state index contributed by atoms with van der Waals surface area (Å²) >= 11 is 3.58. The highest BCUT2D eigenvalue weighted by Crippen LogP contribution is 2.46. The van der Waals surface area contributed by atoms with Crippen LogP contribution in [0.25, 0.3) is 66.8 Å². The Bertz CT molecular complexity index is 2840. The van der Waals surface area contributed by atoms with E-state index in [0.29, 0.717) is 0 Å². The van der Waals surface area contributed by atoms with Crippen molar-refractivity contribution >= 4 is 27.3 Å². The van der Waals surface area contributed by atoms with E-state index in [1.807, 2.05) is 12.1 Å². The highest BCUT2D eigenvalue weighted by Gasteiger charge is 2.24. The minimum Gasteiger partial charge on any atom is -0.355 e. The summed E-state index contributed by atoms with van der Waals surface area (Å²) in [4.78, 5) is 0. The SMILES string of the molecule is Brc1ccc(Nc2c(-c3ccc(-c4ccc(-c5cccc6c5Cc5ccccc5-6)cc4)cc3)ccc3c2Cc2ccccc2-3)cc1.c1ccc(-c2ccccc2)cc1. The number of nitrogens with one attached hydrogen (secondary N) is 1. The summed E-state index contributed by atoms with van der Waals surface area (Å²) in [5.41, 5.74) is 23.3. The Morgan fingerprint density at radius 2 is 0.707 bits per heavy atom. The lowest BCUT2D eigenvalue weighted by Crippen LogP contribution is -1.99. The van der Waals surface area contributed by atoms with E-state index >= 15 is 0 Å². The number of rotatable bonds is 6. The summed E-state index contributed by atoms with van der Waals surface area (Å²) in [5.74, 6) is 0. The van der Waals surface area contributed by atoms with Crippen molar-refractivity contribution in [3.63, 3.8) is 0 Å². The number of anilines is 2. The molecule has 0 spiro atoms. The number of benzene rings is 9. The Hall–Kier alpha value is -6.74. The highest BCUT2D eigenvalue weighted by atomic mass is 79.9. The fourth-order valence-electron chi connectivity index (χ4n) is 8.65. The second-order valence-electron chi connectivity index (χ2n) is 15.0. The Kier molecular flexibility index (Phi) is 9.63. The summed E-state index contributed by atoms with van der Waals surface area (Å²) in [6.07, 6.45) is 1.93. The molecule has 58 heavy (non-hydrogen) atoms. The third kappa shape index (κ3) is 6.97. The smallest absolute Gasteiger partial charge is 0.0506 e. The van der Waals surface area contributed by atoms with Gasteiger partial charge in [0.25, 0.3) is 0 Å². The van der Waals surface area contributed by atoms with Gasteiger partial charge in [-0.15, -0.1) is 0 Å². The molecule has 2 aliphatic carbocycles. The molecule has 0 bridgehead atoms. The molecule has 2 aliphatic rings. The molecule has 0 radical (unpaired) electrons. The molecule has 9 aromatic rings. The second-order valence-corrected chi connectivity index (χ2v) is 15.9. The first-order valence-corrected chi connectivity index (χ1v) is 20.7. The van der Waals surface area contributed by atoms with Gasteiger partial charge in [0, 0.05) is 22.1 Å². The van der Waals surface area contributed by atoms with E-state index in [0.717, 1.165) is 23.0 Å². The zero-order valence-corrected chi connectivity index (χ0v) is 33.6. The van der Waals surface area contributed by atoms with Gasteiger partial charge in [0.2, 0.25) is 0 Å². The Morgan fingerprint density at radius 1 is 0.293 bits per heavy atom. The molecule has 0 atom stereocenters. The topological polar surface area (TPSA) is 12.0 Å². The average molecular weight is 807 g/mol. The molecule has 0 aromatic heterocycles. The maximum absolute atomic E-state index is 3.80. The van der Waals surface area contributed by atoms with E-state index < -0.39 is 0 Å². The van der Waals surface area contributed by atoms with Crippen molar-refractivity contribution in [3.05, 3.63) is 239 Å². The number of fused-ring (bicyclic) bond motifs is 6. The molecular weight excluding hydrogens is 767 g/mol. The van der Waals surface area contributed by atoms with Crippen LogP contribution in [-0.4, -0.2) is 0 Å². The molecule has 9 aromatic carbocycles. The quantitative estimate of drug-likeness (QED) is 0.176. The molecule has 1 N–H and O–H groups in total. The third-order valence-electron chi connectivity index (χ3n) is 11.6. The van der Waals surface area contributed by atoms with Crippen molar-refractivity contribution in [1.82, 2.24) is 0 Å². The Morgan fingerprint density at radius 3 is 1.29 bits per heavy atom. The standard InChI is InChI=1S/C44H30BrN.C12H10/c45-34-20-22-35(23-21-34)46-44-39(24-25-41-38-9-4-2-7-33(38)27-43(41)44)31-18-14-29(15-19-31)28-12-16-30(17-13-28)36-10-5-11-40-37-8-3-1-6-32(37)26-42(36)40;1-3-7-11(8-4-1)12-9-5-2-6-10-12/h1-25,46H,26-27H2;1-10H. The zero-order valence-electron chi connectivity index (χ0n) is 32.0. The van der Waals surface area contributed by atoms with Gasteiger partial charge < -0.3 is 5.32 Å². The largest absolute Gasteiger partial charge is 0.355 e. The highest BCUT2D eigenvalue weighted by molar-refractivity contribution is 9.10. The van der Waals surface area contributed by atoms with Gasteiger partial charge in [-0.1, -0.05) is 204 Å². The normalized spacial score (nSPS) is 11.7. The van der Waals surface area contributed by atoms with Crippen LogP contribution < -0.4 is 5.32 Å². The lowest BCUT2D eigenvalue weighted by molar-refractivity contribution is 1.26. The van der Waals surface area contributed by atoms with E-state index in [9.17, 15) is 0 Å². The van der Waals surface area contributed by atoms with Gasteiger partial charge >= 0.3 is 0 Å². The molecule has 0 saturated heterocycles. The monoisotopic (exact) mass is 805 g/mol. The molecule has 0 saturated carbocycles. The first kappa shape index (κ1) is 35.7. The van der Waals surface area contributed by atoms with Crippen molar-refractivity contribution in [3.8, 4) is 66.8 Å². The van der Waals surface area contributed by atoms with E-state index in [-0.39, 0.29) is 0 Å². The third-order valence-corrected chi connectivity index (χ3v) is 12.1. The molecule has 0 heterocycles. The van der Waals surface area contributed by atoms with Crippen molar-refractivity contribution in [2.75, 3.05) is 5.32 Å². The van der Waals surface area contributed by atoms with E-state index in [2.05, 4.69) is 221 Å². The van der Waals surface area contributed by atoms with Gasteiger partial charge in [0.1, 0.15) is 0 Å². The van der Waals surface area contributed by atoms with Gasteiger partial charge in [-0.2, -0.15) is 0 Å². The minimum absolute atomic E-state index is 0.930. The van der Waals surface area contributed by atoms with Crippen LogP contribution >= 0.6 is 15.9 Å². The van der Waals surface area contributed by atoms with Crippen molar-refractivity contribution in [2.24, 2.45) is 0 Å². The molecule has 0 amide bonds. The lowest BCUT2D eigenvalue weighted by Gasteiger charge is -2.18. The summed E-state index contributed by atoms with van der Waals surface area (Å²) in [6.45, 7) is 0. The van der Waals surface area contributed by atoms with Crippen LogP contribution in [-0.2, 0) is 12.8 Å². The van der Waals surface area contributed by atoms with Crippen molar-refractivity contribution in [2.45, 2.75) is 12.8 Å². The van der Waals surface area contributed by atoms with Crippen LogP contribution in [0.15, 0.2) is 217 Å². The molecule has 2 heteroatoms. The Labute approximate surface area is 349 Å². The van der Waals surface area contributed by atoms with Crippen LogP contribution in [0.5, 0.6) is 0 Å². The fraction of sp³-hybridized carbons (Fsp3) is 0.0357. The van der Waals surface area contributed by atoms with E-state index in [1.165, 1.54) is 94.7 Å². The van der Waals surface area contributed by atoms with Crippen LogP contribution in [0.3, 0.4) is 0 Å². The molecule has 0 aliphatic heterocycles. The van der Waals surface area contributed by atoms with Crippen LogP contribution in [0.1, 0.15) is 22.3 Å². The van der Waals surface area contributed by atoms with Crippen molar-refractivity contribution < 1.29 is 0 Å². The first-order valence-electron chi connectivity index (χ1n) is 19.9. The van der Waals surface area contributed by atoms with Crippen LogP contribution in [0.2, 0.25) is 0 Å². The van der Waals surface area contributed by atoms with Gasteiger partial charge in [-0.3, -0.25) is 0 Å². The molecule has 1 nitrogen and oxygen atoms in total. The number of halogens is 1. The van der Waals surface area contributed by atoms with E-state index in [1.54, 1.807) is 0 Å². The molecule has 276 valence electrons. The number of hydrogen-bond donors (Lipinski definition) is 1. The maximum atomic E-state index is 3.80. The number of hydrogen-bond acceptors (Lipinski definition) is 1. The maximum Gasteiger partial charge on any atom is 0.0506 e. The molecule has 0 unspecified atom stereocenters. The summed E-state index contributed by atoms with van der Waals surface area (Å²) in [5, 5.41) is 3.80. The van der Waals surface area contributed by atoms with Crippen molar-refractivity contribution in [1.29, 1.82) is 0 Å². The summed E-state index contributed by atoms with van der Waals surface area (Å²) in [6, 6.07) is 76.2. The fourth-order valence-corrected chi connectivity index (χ4v) is 8.91. The van der Waals surface area contributed by atoms with Gasteiger partial charge in [-0.05, 0) is 114 Å². The van der Waals surface area contributed by atoms with Crippen LogP contribution in [0, 0.1) is 0 Å². The predicted octanol–water partition coefficient (Wildman–Crippen LogP) is 15.7. The summed E-state index contributed by atoms with van der Waals surface area (Å²) in [7, 11) is 0. The lowest BCUT2D eigenvalue weighted by atomic mass is 9.93. The van der Waals surface area contributed by atoms with E-state index in [4.69, 9.17) is 0 Å². The summed E-state index contributed by atoms with van der Waals surface area (Å²) < 4.78 is 1.07. The molecular formula is C56H40BrN.